The van der Waals surface area contributed by atoms with Crippen molar-refractivity contribution in [3.8, 4) is 0 Å². The van der Waals surface area contributed by atoms with Gasteiger partial charge in [0.25, 0.3) is 0 Å². The Labute approximate surface area is 118 Å². The van der Waals surface area contributed by atoms with Crippen LogP contribution >= 0.6 is 0 Å². The van der Waals surface area contributed by atoms with Gasteiger partial charge >= 0.3 is 0 Å². The van der Waals surface area contributed by atoms with Crippen LogP contribution in [0.3, 0.4) is 0 Å². The molecule has 0 aromatic carbocycles. The van der Waals surface area contributed by atoms with Gasteiger partial charge < -0.3 is 9.88 Å². The summed E-state index contributed by atoms with van der Waals surface area (Å²) in [6.07, 6.45) is 8.71. The minimum Gasteiger partial charge on any atom is -0.356 e. The molecule has 0 saturated heterocycles. The molecule has 1 atom stereocenters. The summed E-state index contributed by atoms with van der Waals surface area (Å²) in [6, 6.07) is 0.121. The van der Waals surface area contributed by atoms with E-state index in [1.54, 1.807) is 10.9 Å². The molecule has 2 rings (SSSR count). The molecule has 6 nitrogen and oxygen atoms in total. The van der Waals surface area contributed by atoms with E-state index in [1.165, 1.54) is 0 Å². The zero-order valence-electron chi connectivity index (χ0n) is 12.2. The normalized spacial score (nSPS) is 12.3. The SMILES string of the molecule is Cc1nccn1[C@H](C)CC(=O)NCCc1cnn(C)c1. The maximum atomic E-state index is 11.9. The lowest BCUT2D eigenvalue weighted by atomic mass is 10.2. The van der Waals surface area contributed by atoms with Crippen molar-refractivity contribution in [3.05, 3.63) is 36.2 Å². The molecule has 108 valence electrons. The molecule has 0 unspecified atom stereocenters. The molecule has 2 heterocycles. The molecule has 1 N–H and O–H groups in total. The van der Waals surface area contributed by atoms with Crippen molar-refractivity contribution in [1.29, 1.82) is 0 Å². The first-order valence-corrected chi connectivity index (χ1v) is 6.80. The third kappa shape index (κ3) is 3.69. The second-order valence-electron chi connectivity index (χ2n) is 5.06. The first-order valence-electron chi connectivity index (χ1n) is 6.80. The number of nitrogens with one attached hydrogen (secondary N) is 1. The van der Waals surface area contributed by atoms with Gasteiger partial charge in [0, 0.05) is 44.6 Å². The molecule has 0 radical (unpaired) electrons. The Kier molecular flexibility index (Phi) is 4.55. The molecule has 0 aliphatic rings. The van der Waals surface area contributed by atoms with E-state index in [9.17, 15) is 4.79 Å². The number of rotatable bonds is 6. The molecule has 2 aromatic heterocycles. The van der Waals surface area contributed by atoms with E-state index in [0.29, 0.717) is 13.0 Å². The van der Waals surface area contributed by atoms with Gasteiger partial charge in [0.1, 0.15) is 5.82 Å². The molecule has 0 aliphatic heterocycles. The standard InChI is InChI=1S/C14H21N5O/c1-11(19-7-6-15-12(19)2)8-14(20)16-5-4-13-9-17-18(3)10-13/h6-7,9-11H,4-5,8H2,1-3H3,(H,16,20)/t11-/m1/s1. The van der Waals surface area contributed by atoms with Gasteiger partial charge in [-0.15, -0.1) is 0 Å². The van der Waals surface area contributed by atoms with Crippen molar-refractivity contribution < 1.29 is 4.79 Å². The highest BCUT2D eigenvalue weighted by molar-refractivity contribution is 5.76. The molecule has 0 spiro atoms. The van der Waals surface area contributed by atoms with Gasteiger partial charge in [0.2, 0.25) is 5.91 Å². The third-order valence-electron chi connectivity index (χ3n) is 3.31. The third-order valence-corrected chi connectivity index (χ3v) is 3.31. The maximum Gasteiger partial charge on any atom is 0.222 e. The summed E-state index contributed by atoms with van der Waals surface area (Å²) in [4.78, 5) is 16.1. The Balaban J connectivity index is 1.74. The van der Waals surface area contributed by atoms with E-state index in [0.717, 1.165) is 17.8 Å². The number of carbonyl (C=O) groups is 1. The van der Waals surface area contributed by atoms with Crippen molar-refractivity contribution in [1.82, 2.24) is 24.6 Å². The highest BCUT2D eigenvalue weighted by Gasteiger charge is 2.11. The Hall–Kier alpha value is -2.11. The topological polar surface area (TPSA) is 64.7 Å². The number of hydrogen-bond donors (Lipinski definition) is 1. The minimum atomic E-state index is 0.0643. The molecule has 6 heteroatoms. The molecule has 1 amide bonds. The largest absolute Gasteiger partial charge is 0.356 e. The molecular formula is C14H21N5O. The van der Waals surface area contributed by atoms with Gasteiger partial charge in [-0.2, -0.15) is 5.10 Å². The van der Waals surface area contributed by atoms with Crippen molar-refractivity contribution in [2.24, 2.45) is 7.05 Å². The average molecular weight is 275 g/mol. The van der Waals surface area contributed by atoms with Gasteiger partial charge in [0.05, 0.1) is 6.20 Å². The number of hydrogen-bond acceptors (Lipinski definition) is 3. The summed E-state index contributed by atoms with van der Waals surface area (Å²) in [5.41, 5.74) is 1.13. The fourth-order valence-corrected chi connectivity index (χ4v) is 2.24. The van der Waals surface area contributed by atoms with Crippen LogP contribution in [0, 0.1) is 6.92 Å². The number of aromatic nitrogens is 4. The number of amides is 1. The molecule has 2 aromatic rings. The first-order chi connectivity index (χ1) is 9.56. The summed E-state index contributed by atoms with van der Waals surface area (Å²) < 4.78 is 3.78. The van der Waals surface area contributed by atoms with Crippen LogP contribution in [0.15, 0.2) is 24.8 Å². The van der Waals surface area contributed by atoms with Crippen LogP contribution in [0.25, 0.3) is 0 Å². The molecule has 20 heavy (non-hydrogen) atoms. The van der Waals surface area contributed by atoms with Crippen LogP contribution in [0.1, 0.15) is 30.8 Å². The fraction of sp³-hybridized carbons (Fsp3) is 0.500. The molecule has 0 aliphatic carbocycles. The second-order valence-corrected chi connectivity index (χ2v) is 5.06. The summed E-state index contributed by atoms with van der Waals surface area (Å²) in [6.45, 7) is 4.60. The number of carbonyl (C=O) groups excluding carboxylic acids is 1. The van der Waals surface area contributed by atoms with Crippen LogP contribution in [-0.4, -0.2) is 31.8 Å². The van der Waals surface area contributed by atoms with Crippen molar-refractivity contribution in [3.63, 3.8) is 0 Å². The van der Waals surface area contributed by atoms with E-state index < -0.39 is 0 Å². The maximum absolute atomic E-state index is 11.9. The number of nitrogens with zero attached hydrogens (tertiary/aromatic N) is 4. The van der Waals surface area contributed by atoms with Gasteiger partial charge in [0.15, 0.2) is 0 Å². The highest BCUT2D eigenvalue weighted by Crippen LogP contribution is 2.12. The summed E-state index contributed by atoms with van der Waals surface area (Å²) in [5.74, 6) is 0.996. The van der Waals surface area contributed by atoms with E-state index in [1.807, 2.05) is 44.1 Å². The monoisotopic (exact) mass is 275 g/mol. The molecule has 0 fully saturated rings. The molecule has 0 bridgehead atoms. The lowest BCUT2D eigenvalue weighted by Gasteiger charge is -2.14. The zero-order valence-corrected chi connectivity index (χ0v) is 12.2. The Bertz CT molecular complexity index is 572. The minimum absolute atomic E-state index is 0.0643. The fourth-order valence-electron chi connectivity index (χ4n) is 2.24. The van der Waals surface area contributed by atoms with Crippen molar-refractivity contribution in [2.75, 3.05) is 6.54 Å². The van der Waals surface area contributed by atoms with E-state index in [4.69, 9.17) is 0 Å². The van der Waals surface area contributed by atoms with Crippen LogP contribution in [0.2, 0.25) is 0 Å². The predicted molar refractivity (Wildman–Crippen MR) is 76.2 cm³/mol. The number of imidazole rings is 1. The smallest absolute Gasteiger partial charge is 0.222 e. The van der Waals surface area contributed by atoms with E-state index >= 15 is 0 Å². The molecule has 0 saturated carbocycles. The van der Waals surface area contributed by atoms with Crippen LogP contribution in [0.4, 0.5) is 0 Å². The Morgan fingerprint density at radius 1 is 1.50 bits per heavy atom. The average Bonchev–Trinajstić information content (AvgIpc) is 2.98. The number of aryl methyl sites for hydroxylation is 2. The lowest BCUT2D eigenvalue weighted by molar-refractivity contribution is -0.121. The summed E-state index contributed by atoms with van der Waals surface area (Å²) in [7, 11) is 1.89. The van der Waals surface area contributed by atoms with Crippen LogP contribution in [-0.2, 0) is 18.3 Å². The van der Waals surface area contributed by atoms with Gasteiger partial charge in [-0.05, 0) is 25.8 Å². The van der Waals surface area contributed by atoms with Crippen molar-refractivity contribution in [2.45, 2.75) is 32.7 Å². The Morgan fingerprint density at radius 2 is 2.30 bits per heavy atom. The predicted octanol–water partition coefficient (Wildman–Crippen LogP) is 1.24. The van der Waals surface area contributed by atoms with E-state index in [2.05, 4.69) is 15.4 Å². The second kappa shape index (κ2) is 6.36. The zero-order chi connectivity index (χ0) is 14.5. The summed E-state index contributed by atoms with van der Waals surface area (Å²) in [5, 5.41) is 7.04. The van der Waals surface area contributed by atoms with Gasteiger partial charge in [-0.25, -0.2) is 4.98 Å². The quantitative estimate of drug-likeness (QED) is 0.862. The van der Waals surface area contributed by atoms with Crippen LogP contribution < -0.4 is 5.32 Å². The van der Waals surface area contributed by atoms with Crippen molar-refractivity contribution >= 4 is 5.91 Å². The van der Waals surface area contributed by atoms with Crippen LogP contribution in [0.5, 0.6) is 0 Å². The highest BCUT2D eigenvalue weighted by atomic mass is 16.1. The van der Waals surface area contributed by atoms with Gasteiger partial charge in [-0.1, -0.05) is 0 Å². The van der Waals surface area contributed by atoms with Gasteiger partial charge in [-0.3, -0.25) is 9.48 Å². The first kappa shape index (κ1) is 14.3. The summed E-state index contributed by atoms with van der Waals surface area (Å²) >= 11 is 0. The lowest BCUT2D eigenvalue weighted by Crippen LogP contribution is -2.27. The Morgan fingerprint density at radius 3 is 2.90 bits per heavy atom. The molecular weight excluding hydrogens is 254 g/mol. The van der Waals surface area contributed by atoms with E-state index in [-0.39, 0.29) is 11.9 Å².